The molecular formula is C10H15N3O. The van der Waals surface area contributed by atoms with Crippen LogP contribution >= 0.6 is 0 Å². The highest BCUT2D eigenvalue weighted by Crippen LogP contribution is 2.20. The smallest absolute Gasteiger partial charge is 0.319 e. The number of nitrogens with two attached hydrogens (primary N) is 2. The minimum atomic E-state index is -0.448. The van der Waals surface area contributed by atoms with E-state index in [1.54, 1.807) is 12.1 Å². The summed E-state index contributed by atoms with van der Waals surface area (Å²) in [6.07, 6.45) is 0. The van der Waals surface area contributed by atoms with Crippen molar-refractivity contribution >= 4 is 17.4 Å². The minimum Gasteiger partial charge on any atom is -0.399 e. The molecule has 1 aromatic rings. The van der Waals surface area contributed by atoms with Crippen LogP contribution in [-0.2, 0) is 0 Å². The van der Waals surface area contributed by atoms with Gasteiger partial charge in [-0.05, 0) is 37.6 Å². The molecule has 1 rings (SSSR count). The molecule has 4 nitrogen and oxygen atoms in total. The molecule has 4 heteroatoms. The average Bonchev–Trinajstić information content (AvgIpc) is 2.11. The Morgan fingerprint density at radius 3 is 2.57 bits per heavy atom. The number of anilines is 2. The van der Waals surface area contributed by atoms with E-state index < -0.39 is 6.03 Å². The number of carbonyl (C=O) groups is 1. The Hall–Kier alpha value is -1.71. The molecule has 0 saturated carbocycles. The van der Waals surface area contributed by atoms with Gasteiger partial charge in [-0.1, -0.05) is 0 Å². The summed E-state index contributed by atoms with van der Waals surface area (Å²) in [5, 5.41) is 0. The fourth-order valence-electron chi connectivity index (χ4n) is 1.29. The molecule has 0 fully saturated rings. The molecule has 0 aromatic heterocycles. The van der Waals surface area contributed by atoms with Crippen molar-refractivity contribution in [2.24, 2.45) is 5.73 Å². The van der Waals surface area contributed by atoms with Crippen molar-refractivity contribution in [1.82, 2.24) is 0 Å². The molecule has 0 aliphatic heterocycles. The van der Waals surface area contributed by atoms with Gasteiger partial charge in [0.15, 0.2) is 0 Å². The predicted molar refractivity (Wildman–Crippen MR) is 58.2 cm³/mol. The van der Waals surface area contributed by atoms with Crippen molar-refractivity contribution in [3.05, 3.63) is 23.8 Å². The van der Waals surface area contributed by atoms with Crippen LogP contribution in [0.3, 0.4) is 0 Å². The van der Waals surface area contributed by atoms with E-state index in [0.717, 1.165) is 11.3 Å². The Bertz CT molecular complexity index is 349. The highest BCUT2D eigenvalue weighted by atomic mass is 16.2. The van der Waals surface area contributed by atoms with Crippen molar-refractivity contribution in [3.63, 3.8) is 0 Å². The molecule has 0 radical (unpaired) electrons. The number of rotatable bonds is 2. The summed E-state index contributed by atoms with van der Waals surface area (Å²) in [6.45, 7) is 4.32. The van der Waals surface area contributed by atoms with Crippen LogP contribution in [0, 0.1) is 6.92 Å². The van der Waals surface area contributed by atoms with E-state index in [0.29, 0.717) is 12.2 Å². The summed E-state index contributed by atoms with van der Waals surface area (Å²) in [6, 6.07) is 4.97. The van der Waals surface area contributed by atoms with Gasteiger partial charge in [-0.25, -0.2) is 4.79 Å². The third-order valence-corrected chi connectivity index (χ3v) is 2.15. The number of amides is 2. The van der Waals surface area contributed by atoms with Crippen LogP contribution in [0.5, 0.6) is 0 Å². The molecule has 0 spiro atoms. The van der Waals surface area contributed by atoms with E-state index >= 15 is 0 Å². The maximum atomic E-state index is 11.0. The van der Waals surface area contributed by atoms with Gasteiger partial charge in [0, 0.05) is 17.9 Å². The number of aryl methyl sites for hydroxylation is 1. The fourth-order valence-corrected chi connectivity index (χ4v) is 1.29. The van der Waals surface area contributed by atoms with Crippen molar-refractivity contribution in [2.75, 3.05) is 17.2 Å². The first-order valence-corrected chi connectivity index (χ1v) is 4.49. The lowest BCUT2D eigenvalue weighted by molar-refractivity contribution is 0.254. The number of primary amides is 1. The highest BCUT2D eigenvalue weighted by Gasteiger charge is 2.09. The Labute approximate surface area is 83.5 Å². The van der Waals surface area contributed by atoms with E-state index in [1.807, 2.05) is 19.9 Å². The SMILES string of the molecule is CCN(C(N)=O)c1ccc(N)c(C)c1. The molecule has 2 amide bonds. The summed E-state index contributed by atoms with van der Waals surface area (Å²) in [5.74, 6) is 0. The molecule has 0 heterocycles. The van der Waals surface area contributed by atoms with Crippen molar-refractivity contribution < 1.29 is 4.79 Å². The Balaban J connectivity index is 3.06. The normalized spacial score (nSPS) is 9.86. The number of urea groups is 1. The second-order valence-corrected chi connectivity index (χ2v) is 3.12. The summed E-state index contributed by atoms with van der Waals surface area (Å²) < 4.78 is 0. The first-order valence-electron chi connectivity index (χ1n) is 4.49. The van der Waals surface area contributed by atoms with Crippen LogP contribution in [0.4, 0.5) is 16.2 Å². The molecule has 0 bridgehead atoms. The van der Waals surface area contributed by atoms with Gasteiger partial charge in [0.1, 0.15) is 0 Å². The zero-order chi connectivity index (χ0) is 10.7. The van der Waals surface area contributed by atoms with Crippen LogP contribution in [-0.4, -0.2) is 12.6 Å². The number of nitrogens with zero attached hydrogens (tertiary/aromatic N) is 1. The van der Waals surface area contributed by atoms with E-state index in [2.05, 4.69) is 0 Å². The van der Waals surface area contributed by atoms with Gasteiger partial charge in [0.25, 0.3) is 0 Å². The second-order valence-electron chi connectivity index (χ2n) is 3.12. The van der Waals surface area contributed by atoms with E-state index in [-0.39, 0.29) is 0 Å². The van der Waals surface area contributed by atoms with Crippen molar-refractivity contribution in [2.45, 2.75) is 13.8 Å². The van der Waals surface area contributed by atoms with Gasteiger partial charge >= 0.3 is 6.03 Å². The van der Waals surface area contributed by atoms with Crippen LogP contribution in [0.25, 0.3) is 0 Å². The largest absolute Gasteiger partial charge is 0.399 e. The predicted octanol–water partition coefficient (Wildman–Crippen LogP) is 1.48. The van der Waals surface area contributed by atoms with Gasteiger partial charge in [-0.15, -0.1) is 0 Å². The van der Waals surface area contributed by atoms with Crippen molar-refractivity contribution in [3.8, 4) is 0 Å². The lowest BCUT2D eigenvalue weighted by Crippen LogP contribution is -2.35. The summed E-state index contributed by atoms with van der Waals surface area (Å²) in [5.41, 5.74) is 13.3. The number of nitrogen functional groups attached to an aromatic ring is 1. The van der Waals surface area contributed by atoms with Crippen LogP contribution in [0.1, 0.15) is 12.5 Å². The second kappa shape index (κ2) is 4.00. The van der Waals surface area contributed by atoms with Crippen LogP contribution < -0.4 is 16.4 Å². The lowest BCUT2D eigenvalue weighted by Gasteiger charge is -2.19. The number of hydrogen-bond acceptors (Lipinski definition) is 2. The van der Waals surface area contributed by atoms with Gasteiger partial charge in [0.2, 0.25) is 0 Å². The molecular weight excluding hydrogens is 178 g/mol. The monoisotopic (exact) mass is 193 g/mol. The number of hydrogen-bond donors (Lipinski definition) is 2. The lowest BCUT2D eigenvalue weighted by atomic mass is 10.1. The van der Waals surface area contributed by atoms with Gasteiger partial charge in [-0.3, -0.25) is 4.90 Å². The maximum Gasteiger partial charge on any atom is 0.319 e. The quantitative estimate of drug-likeness (QED) is 0.698. The van der Waals surface area contributed by atoms with E-state index in [1.165, 1.54) is 4.90 Å². The Morgan fingerprint density at radius 2 is 2.14 bits per heavy atom. The molecule has 1 aromatic carbocycles. The van der Waals surface area contributed by atoms with Crippen LogP contribution in [0.15, 0.2) is 18.2 Å². The molecule has 0 saturated heterocycles. The summed E-state index contributed by atoms with van der Waals surface area (Å²) >= 11 is 0. The number of carbonyl (C=O) groups excluding carboxylic acids is 1. The molecule has 76 valence electrons. The van der Waals surface area contributed by atoms with E-state index in [4.69, 9.17) is 11.5 Å². The fraction of sp³-hybridized carbons (Fsp3) is 0.300. The molecule has 0 aliphatic carbocycles. The van der Waals surface area contributed by atoms with Gasteiger partial charge < -0.3 is 11.5 Å². The van der Waals surface area contributed by atoms with Gasteiger partial charge in [-0.2, -0.15) is 0 Å². The summed E-state index contributed by atoms with van der Waals surface area (Å²) in [7, 11) is 0. The highest BCUT2D eigenvalue weighted by molar-refractivity contribution is 5.90. The summed E-state index contributed by atoms with van der Waals surface area (Å²) in [4.78, 5) is 12.5. The third kappa shape index (κ3) is 1.96. The van der Waals surface area contributed by atoms with Crippen molar-refractivity contribution in [1.29, 1.82) is 0 Å². The molecule has 14 heavy (non-hydrogen) atoms. The zero-order valence-electron chi connectivity index (χ0n) is 8.45. The Kier molecular flexibility index (Phi) is 2.96. The number of benzene rings is 1. The average molecular weight is 193 g/mol. The van der Waals surface area contributed by atoms with Gasteiger partial charge in [0.05, 0.1) is 0 Å². The first kappa shape index (κ1) is 10.4. The Morgan fingerprint density at radius 1 is 1.50 bits per heavy atom. The molecule has 0 atom stereocenters. The molecule has 0 aliphatic rings. The molecule has 4 N–H and O–H groups in total. The van der Waals surface area contributed by atoms with Crippen LogP contribution in [0.2, 0.25) is 0 Å². The van der Waals surface area contributed by atoms with E-state index in [9.17, 15) is 4.79 Å². The standard InChI is InChI=1S/C10H15N3O/c1-3-13(10(12)14)8-4-5-9(11)7(2)6-8/h4-6H,3,11H2,1-2H3,(H2,12,14). The molecule has 0 unspecified atom stereocenters. The zero-order valence-corrected chi connectivity index (χ0v) is 8.45. The maximum absolute atomic E-state index is 11.0. The third-order valence-electron chi connectivity index (χ3n) is 2.15. The first-order chi connectivity index (χ1) is 6.56. The topological polar surface area (TPSA) is 72.3 Å². The minimum absolute atomic E-state index is 0.448.